The van der Waals surface area contributed by atoms with Gasteiger partial charge in [-0.2, -0.15) is 0 Å². The minimum Gasteiger partial charge on any atom is -0.496 e. The highest BCUT2D eigenvalue weighted by Crippen LogP contribution is 2.40. The smallest absolute Gasteiger partial charge is 0.271 e. The van der Waals surface area contributed by atoms with E-state index in [0.29, 0.717) is 57.5 Å². The van der Waals surface area contributed by atoms with E-state index in [-0.39, 0.29) is 18.1 Å². The number of carbonyl (C=O) groups is 1. The highest BCUT2D eigenvalue weighted by Gasteiger charge is 2.36. The molecule has 0 N–H and O–H groups in total. The zero-order valence-electron chi connectivity index (χ0n) is 25.5. The van der Waals surface area contributed by atoms with Crippen LogP contribution in [0, 0.1) is 12.3 Å². The second kappa shape index (κ2) is 13.2. The molecule has 0 aliphatic carbocycles. The number of methoxy groups -OCH3 is 1. The van der Waals surface area contributed by atoms with Crippen LogP contribution in [0.25, 0.3) is 16.8 Å². The number of ether oxygens (including phenoxy) is 3. The molecule has 0 fully saturated rings. The molecule has 0 unspecified atom stereocenters. The predicted molar refractivity (Wildman–Crippen MR) is 174 cm³/mol. The van der Waals surface area contributed by atoms with E-state index in [2.05, 4.69) is 5.92 Å². The fourth-order valence-corrected chi connectivity index (χ4v) is 6.60. The Morgan fingerprint density at radius 3 is 2.52 bits per heavy atom. The molecule has 0 radical (unpaired) electrons. The fraction of sp³-hybridized carbons (Fsp3) is 0.286. The van der Waals surface area contributed by atoms with E-state index in [1.165, 1.54) is 11.3 Å². The molecule has 1 aliphatic rings. The Hall–Kier alpha value is -4.81. The Balaban J connectivity index is 1.77. The van der Waals surface area contributed by atoms with Crippen LogP contribution in [0.5, 0.6) is 17.2 Å². The van der Waals surface area contributed by atoms with E-state index in [0.717, 1.165) is 21.9 Å². The summed E-state index contributed by atoms with van der Waals surface area (Å²) in [4.78, 5) is 35.6. The van der Waals surface area contributed by atoms with Gasteiger partial charge >= 0.3 is 0 Å². The minimum absolute atomic E-state index is 0.115. The first kappa shape index (κ1) is 30.6. The number of aromatic nitrogens is 1. The van der Waals surface area contributed by atoms with Crippen LogP contribution in [-0.2, 0) is 4.79 Å². The van der Waals surface area contributed by atoms with Gasteiger partial charge in [0.05, 0.1) is 29.5 Å². The molecule has 0 saturated heterocycles. The van der Waals surface area contributed by atoms with Gasteiger partial charge in [0.15, 0.2) is 16.3 Å². The number of carbonyl (C=O) groups excluding carboxylic acids is 1. The number of nitrogens with zero attached hydrogens (tertiary/aromatic N) is 3. The number of likely N-dealkylation sites (N-methyl/N-ethyl adjacent to an activating group) is 1. The molecule has 0 spiro atoms. The van der Waals surface area contributed by atoms with Crippen molar-refractivity contribution in [3.63, 3.8) is 0 Å². The molecule has 2 heterocycles. The first-order valence-corrected chi connectivity index (χ1v) is 15.4. The average Bonchev–Trinajstić information content (AvgIpc) is 3.33. The van der Waals surface area contributed by atoms with Crippen molar-refractivity contribution in [2.24, 2.45) is 4.99 Å². The predicted octanol–water partition coefficient (Wildman–Crippen LogP) is 4.68. The van der Waals surface area contributed by atoms with Crippen LogP contribution in [0.2, 0.25) is 0 Å². The molecule has 3 aromatic carbocycles. The first-order valence-electron chi connectivity index (χ1n) is 14.6. The Morgan fingerprint density at radius 1 is 1.07 bits per heavy atom. The van der Waals surface area contributed by atoms with Gasteiger partial charge in [0.2, 0.25) is 0 Å². The highest BCUT2D eigenvalue weighted by atomic mass is 32.1. The zero-order chi connectivity index (χ0) is 31.4. The maximum Gasteiger partial charge on any atom is 0.271 e. The van der Waals surface area contributed by atoms with Crippen LogP contribution in [-0.4, -0.2) is 48.8 Å². The van der Waals surface area contributed by atoms with E-state index in [1.54, 1.807) is 28.7 Å². The summed E-state index contributed by atoms with van der Waals surface area (Å²) >= 11 is 1.28. The summed E-state index contributed by atoms with van der Waals surface area (Å²) < 4.78 is 19.4. The number of terminal acetylenes is 1. The lowest BCUT2D eigenvalue weighted by molar-refractivity contribution is -0.127. The summed E-state index contributed by atoms with van der Waals surface area (Å²) in [6.07, 6.45) is 7.17. The van der Waals surface area contributed by atoms with Crippen LogP contribution in [0.4, 0.5) is 0 Å². The van der Waals surface area contributed by atoms with Crippen LogP contribution >= 0.6 is 11.3 Å². The first-order chi connectivity index (χ1) is 21.4. The average molecular weight is 610 g/mol. The van der Waals surface area contributed by atoms with Gasteiger partial charge in [-0.3, -0.25) is 14.2 Å². The summed E-state index contributed by atoms with van der Waals surface area (Å²) in [5, 5.41) is 1.88. The molecule has 8 nitrogen and oxygen atoms in total. The molecule has 1 aromatic heterocycles. The van der Waals surface area contributed by atoms with Crippen molar-refractivity contribution in [3.8, 4) is 29.6 Å². The van der Waals surface area contributed by atoms with Crippen LogP contribution in [0.1, 0.15) is 44.9 Å². The van der Waals surface area contributed by atoms with E-state index in [9.17, 15) is 9.59 Å². The fourth-order valence-electron chi connectivity index (χ4n) is 5.56. The lowest BCUT2D eigenvalue weighted by Crippen LogP contribution is -2.43. The van der Waals surface area contributed by atoms with Crippen molar-refractivity contribution in [2.75, 3.05) is 33.4 Å². The number of hydrogen-bond acceptors (Lipinski definition) is 7. The van der Waals surface area contributed by atoms with Crippen LogP contribution in [0.3, 0.4) is 0 Å². The van der Waals surface area contributed by atoms with Crippen molar-refractivity contribution >= 4 is 34.1 Å². The molecule has 226 valence electrons. The second-order valence-corrected chi connectivity index (χ2v) is 11.1. The zero-order valence-corrected chi connectivity index (χ0v) is 26.4. The Kier molecular flexibility index (Phi) is 9.21. The third kappa shape index (κ3) is 5.61. The number of amides is 1. The van der Waals surface area contributed by atoms with E-state index >= 15 is 0 Å². The molecule has 1 amide bonds. The standard InChI is InChI=1S/C35H35N3O5S/c1-7-19-43-26-17-15-23(20-28(26)42-10-4)21-29-33(39)38-32(31-25-14-12-11-13-24(25)16-18-27(31)41-6)30(22(5)36-35(38)44-29)34(40)37(8-2)9-3/h1,11-18,20-21,32H,8-10,19H2,2-6H3/b29-21+/t32-/m0/s1. The number of hydrogen-bond donors (Lipinski definition) is 0. The molecule has 4 aromatic rings. The van der Waals surface area contributed by atoms with Gasteiger partial charge in [0, 0.05) is 18.7 Å². The summed E-state index contributed by atoms with van der Waals surface area (Å²) in [6.45, 7) is 9.21. The summed E-state index contributed by atoms with van der Waals surface area (Å²) in [7, 11) is 1.60. The molecule has 0 saturated carbocycles. The van der Waals surface area contributed by atoms with Crippen molar-refractivity contribution < 1.29 is 19.0 Å². The van der Waals surface area contributed by atoms with Gasteiger partial charge in [-0.15, -0.1) is 6.42 Å². The highest BCUT2D eigenvalue weighted by molar-refractivity contribution is 7.07. The number of fused-ring (bicyclic) bond motifs is 2. The van der Waals surface area contributed by atoms with Gasteiger partial charge in [-0.05, 0) is 68.3 Å². The largest absolute Gasteiger partial charge is 0.496 e. The number of thiazole rings is 1. The van der Waals surface area contributed by atoms with Gasteiger partial charge in [-0.25, -0.2) is 4.99 Å². The molecule has 5 rings (SSSR count). The SMILES string of the molecule is C#CCOc1ccc(/C=c2/sc3n(c2=O)[C@H](c2c(OC)ccc4ccccc24)C(C(=O)N(CC)CC)=C(C)N=3)cc1OCC. The van der Waals surface area contributed by atoms with E-state index < -0.39 is 6.04 Å². The maximum atomic E-state index is 14.4. The van der Waals surface area contributed by atoms with Gasteiger partial charge in [-0.1, -0.05) is 53.7 Å². The molecule has 1 aliphatic heterocycles. The van der Waals surface area contributed by atoms with Gasteiger partial charge in [0.1, 0.15) is 18.4 Å². The molecular formula is C35H35N3O5S. The third-order valence-electron chi connectivity index (χ3n) is 7.60. The Morgan fingerprint density at radius 2 is 1.82 bits per heavy atom. The Labute approximate surface area is 260 Å². The molecular weight excluding hydrogens is 574 g/mol. The van der Waals surface area contributed by atoms with Crippen LogP contribution in [0.15, 0.2) is 75.7 Å². The van der Waals surface area contributed by atoms with Crippen LogP contribution < -0.4 is 29.1 Å². The van der Waals surface area contributed by atoms with Gasteiger partial charge in [0.25, 0.3) is 11.5 Å². The normalized spacial score (nSPS) is 14.5. The van der Waals surface area contributed by atoms with Crippen molar-refractivity contribution in [1.29, 1.82) is 0 Å². The van der Waals surface area contributed by atoms with E-state index in [1.807, 2.05) is 76.2 Å². The molecule has 9 heteroatoms. The molecule has 0 bridgehead atoms. The van der Waals surface area contributed by atoms with Crippen molar-refractivity contribution in [2.45, 2.75) is 33.7 Å². The van der Waals surface area contributed by atoms with E-state index in [4.69, 9.17) is 25.6 Å². The lowest BCUT2D eigenvalue weighted by atomic mass is 9.90. The quantitative estimate of drug-likeness (QED) is 0.244. The lowest BCUT2D eigenvalue weighted by Gasteiger charge is -2.30. The number of rotatable bonds is 10. The topological polar surface area (TPSA) is 82.4 Å². The number of benzene rings is 3. The second-order valence-electron chi connectivity index (χ2n) is 10.1. The Bertz CT molecular complexity index is 1980. The van der Waals surface area contributed by atoms with Gasteiger partial charge < -0.3 is 19.1 Å². The monoisotopic (exact) mass is 609 g/mol. The minimum atomic E-state index is -0.749. The summed E-state index contributed by atoms with van der Waals surface area (Å²) in [5.41, 5.74) is 2.27. The third-order valence-corrected chi connectivity index (χ3v) is 8.59. The molecule has 1 atom stereocenters. The maximum absolute atomic E-state index is 14.4. The van der Waals surface area contributed by atoms with Crippen molar-refractivity contribution in [1.82, 2.24) is 9.47 Å². The summed E-state index contributed by atoms with van der Waals surface area (Å²) in [5.74, 6) is 3.96. The van der Waals surface area contributed by atoms with Crippen molar-refractivity contribution in [3.05, 3.63) is 96.7 Å². The summed E-state index contributed by atoms with van der Waals surface area (Å²) in [6, 6.07) is 16.5. The number of allylic oxidation sites excluding steroid dienone is 1. The molecule has 44 heavy (non-hydrogen) atoms.